The fraction of sp³-hybridized carbons (Fsp3) is 0.261. The van der Waals surface area contributed by atoms with E-state index in [1.54, 1.807) is 41.6 Å². The normalized spacial score (nSPS) is 14.3. The second-order valence-electron chi connectivity index (χ2n) is 7.79. The second-order valence-corrected chi connectivity index (χ2v) is 9.80. The number of likely N-dealkylation sites (tertiary alicyclic amines) is 1. The standard InChI is InChI=1S/C23H22N6O4S/c1-34(31,32)19-6-4-17(5-7-19)28-21-20(13-24)22(27-15-26-21)33-18-8-11-29(12-9-18)23(30)16-3-2-10-25-14-16/h2-7,10,14-15,18H,8-9,11-12H2,1H3,(H,26,27,28). The first-order valence-electron chi connectivity index (χ1n) is 10.5. The third kappa shape index (κ3) is 5.29. The van der Waals surface area contributed by atoms with E-state index in [-0.39, 0.29) is 34.2 Å². The highest BCUT2D eigenvalue weighted by molar-refractivity contribution is 7.90. The van der Waals surface area contributed by atoms with Gasteiger partial charge < -0.3 is 15.0 Å². The summed E-state index contributed by atoms with van der Waals surface area (Å²) in [6, 6.07) is 11.7. The maximum atomic E-state index is 12.6. The summed E-state index contributed by atoms with van der Waals surface area (Å²) < 4.78 is 29.3. The highest BCUT2D eigenvalue weighted by Crippen LogP contribution is 2.27. The molecule has 3 aromatic rings. The van der Waals surface area contributed by atoms with E-state index in [1.165, 1.54) is 18.5 Å². The van der Waals surface area contributed by atoms with Crippen LogP contribution in [-0.4, -0.2) is 59.6 Å². The summed E-state index contributed by atoms with van der Waals surface area (Å²) in [5.41, 5.74) is 1.25. The molecule has 0 radical (unpaired) electrons. The molecule has 1 aliphatic rings. The molecule has 34 heavy (non-hydrogen) atoms. The zero-order chi connectivity index (χ0) is 24.1. The van der Waals surface area contributed by atoms with Gasteiger partial charge in [0.15, 0.2) is 21.2 Å². The Bertz CT molecular complexity index is 1320. The fourth-order valence-corrected chi connectivity index (χ4v) is 4.21. The minimum absolute atomic E-state index is 0.0697. The Morgan fingerprint density at radius 3 is 2.53 bits per heavy atom. The molecule has 4 rings (SSSR count). The molecule has 1 saturated heterocycles. The number of pyridine rings is 1. The number of carbonyl (C=O) groups excluding carboxylic acids is 1. The van der Waals surface area contributed by atoms with Gasteiger partial charge in [0, 0.05) is 50.3 Å². The molecule has 10 nitrogen and oxygen atoms in total. The number of amides is 1. The van der Waals surface area contributed by atoms with Crippen molar-refractivity contribution in [2.24, 2.45) is 0 Å². The Labute approximate surface area is 197 Å². The van der Waals surface area contributed by atoms with Gasteiger partial charge in [0.1, 0.15) is 18.5 Å². The van der Waals surface area contributed by atoms with Crippen molar-refractivity contribution in [1.82, 2.24) is 19.9 Å². The molecule has 0 spiro atoms. The van der Waals surface area contributed by atoms with Crippen LogP contribution in [0.1, 0.15) is 28.8 Å². The average Bonchev–Trinajstić information content (AvgIpc) is 2.85. The van der Waals surface area contributed by atoms with Gasteiger partial charge in [0.05, 0.1) is 10.5 Å². The third-order valence-corrected chi connectivity index (χ3v) is 6.51. The lowest BCUT2D eigenvalue weighted by atomic mass is 10.1. The highest BCUT2D eigenvalue weighted by Gasteiger charge is 2.26. The van der Waals surface area contributed by atoms with Crippen molar-refractivity contribution in [3.8, 4) is 11.9 Å². The number of nitrogens with one attached hydrogen (secondary N) is 1. The van der Waals surface area contributed by atoms with Crippen LogP contribution in [0.4, 0.5) is 11.5 Å². The van der Waals surface area contributed by atoms with Crippen LogP contribution in [-0.2, 0) is 9.84 Å². The van der Waals surface area contributed by atoms with Crippen LogP contribution in [0.3, 0.4) is 0 Å². The van der Waals surface area contributed by atoms with Crippen molar-refractivity contribution in [3.05, 3.63) is 66.2 Å². The topological polar surface area (TPSA) is 138 Å². The monoisotopic (exact) mass is 478 g/mol. The molecule has 0 saturated carbocycles. The Balaban J connectivity index is 1.42. The number of aromatic nitrogens is 3. The molecule has 0 aliphatic carbocycles. The Morgan fingerprint density at radius 1 is 1.18 bits per heavy atom. The van der Waals surface area contributed by atoms with E-state index in [4.69, 9.17) is 4.74 Å². The van der Waals surface area contributed by atoms with E-state index in [1.807, 2.05) is 0 Å². The minimum atomic E-state index is -3.31. The van der Waals surface area contributed by atoms with E-state index >= 15 is 0 Å². The van der Waals surface area contributed by atoms with Gasteiger partial charge in [-0.2, -0.15) is 5.26 Å². The molecule has 1 N–H and O–H groups in total. The van der Waals surface area contributed by atoms with Crippen LogP contribution in [0.5, 0.6) is 5.88 Å². The maximum Gasteiger partial charge on any atom is 0.255 e. The van der Waals surface area contributed by atoms with E-state index < -0.39 is 9.84 Å². The Morgan fingerprint density at radius 2 is 1.91 bits per heavy atom. The molecular formula is C23H22N6O4S. The van der Waals surface area contributed by atoms with Gasteiger partial charge in [-0.25, -0.2) is 18.4 Å². The van der Waals surface area contributed by atoms with Crippen molar-refractivity contribution in [3.63, 3.8) is 0 Å². The SMILES string of the molecule is CS(=O)(=O)c1ccc(Nc2ncnc(OC3CCN(C(=O)c4cccnc4)CC3)c2C#N)cc1. The number of ether oxygens (including phenoxy) is 1. The van der Waals surface area contributed by atoms with Crippen LogP contribution >= 0.6 is 0 Å². The van der Waals surface area contributed by atoms with Crippen LogP contribution in [0.2, 0.25) is 0 Å². The summed E-state index contributed by atoms with van der Waals surface area (Å²) in [7, 11) is -3.31. The van der Waals surface area contributed by atoms with E-state index in [0.717, 1.165) is 6.26 Å². The van der Waals surface area contributed by atoms with E-state index in [9.17, 15) is 18.5 Å². The molecule has 174 valence electrons. The molecule has 1 aliphatic heterocycles. The summed E-state index contributed by atoms with van der Waals surface area (Å²) in [6.45, 7) is 1.03. The number of rotatable bonds is 6. The second kappa shape index (κ2) is 9.84. The first-order chi connectivity index (χ1) is 16.3. The molecule has 0 unspecified atom stereocenters. The predicted octanol–water partition coefficient (Wildman–Crippen LogP) is 2.57. The largest absolute Gasteiger partial charge is 0.473 e. The molecule has 2 aromatic heterocycles. The number of sulfone groups is 1. The zero-order valence-corrected chi connectivity index (χ0v) is 19.2. The average molecular weight is 479 g/mol. The summed E-state index contributed by atoms with van der Waals surface area (Å²) in [5, 5.41) is 12.7. The van der Waals surface area contributed by atoms with Crippen molar-refractivity contribution in [1.29, 1.82) is 5.26 Å². The van der Waals surface area contributed by atoms with Gasteiger partial charge in [-0.1, -0.05) is 0 Å². The molecule has 1 fully saturated rings. The van der Waals surface area contributed by atoms with Crippen LogP contribution in [0, 0.1) is 11.3 Å². The van der Waals surface area contributed by atoms with Gasteiger partial charge in [0.2, 0.25) is 5.88 Å². The summed E-state index contributed by atoms with van der Waals surface area (Å²) in [5.74, 6) is 0.341. The fourth-order valence-electron chi connectivity index (χ4n) is 3.58. The molecular weight excluding hydrogens is 456 g/mol. The molecule has 1 aromatic carbocycles. The molecule has 11 heteroatoms. The summed E-state index contributed by atoms with van der Waals surface area (Å²) in [6.07, 6.45) is 6.59. The van der Waals surface area contributed by atoms with Crippen molar-refractivity contribution >= 4 is 27.2 Å². The van der Waals surface area contributed by atoms with Crippen molar-refractivity contribution in [2.75, 3.05) is 24.7 Å². The van der Waals surface area contributed by atoms with Crippen molar-refractivity contribution < 1.29 is 17.9 Å². The number of piperidine rings is 1. The third-order valence-electron chi connectivity index (χ3n) is 5.39. The van der Waals surface area contributed by atoms with E-state index in [2.05, 4.69) is 26.3 Å². The lowest BCUT2D eigenvalue weighted by molar-refractivity contribution is 0.0587. The predicted molar refractivity (Wildman–Crippen MR) is 123 cm³/mol. The number of hydrogen-bond acceptors (Lipinski definition) is 9. The Kier molecular flexibility index (Phi) is 6.70. The zero-order valence-electron chi connectivity index (χ0n) is 18.4. The number of nitriles is 1. The van der Waals surface area contributed by atoms with Gasteiger partial charge in [0.25, 0.3) is 5.91 Å². The molecule has 0 bridgehead atoms. The lowest BCUT2D eigenvalue weighted by Gasteiger charge is -2.32. The maximum absolute atomic E-state index is 12.6. The van der Waals surface area contributed by atoms with Crippen LogP contribution in [0.15, 0.2) is 60.0 Å². The summed E-state index contributed by atoms with van der Waals surface area (Å²) in [4.78, 5) is 26.8. The number of hydrogen-bond donors (Lipinski definition) is 1. The number of anilines is 2. The van der Waals surface area contributed by atoms with Gasteiger partial charge in [-0.3, -0.25) is 9.78 Å². The van der Waals surface area contributed by atoms with Crippen LogP contribution in [0.25, 0.3) is 0 Å². The molecule has 1 amide bonds. The first-order valence-corrected chi connectivity index (χ1v) is 12.4. The van der Waals surface area contributed by atoms with Gasteiger partial charge >= 0.3 is 0 Å². The van der Waals surface area contributed by atoms with Gasteiger partial charge in [-0.15, -0.1) is 0 Å². The van der Waals surface area contributed by atoms with E-state index in [0.29, 0.717) is 37.2 Å². The first kappa shape index (κ1) is 23.1. The number of benzene rings is 1. The smallest absolute Gasteiger partial charge is 0.255 e. The van der Waals surface area contributed by atoms with Gasteiger partial charge in [-0.05, 0) is 36.4 Å². The lowest BCUT2D eigenvalue weighted by Crippen LogP contribution is -2.42. The molecule has 0 atom stereocenters. The highest BCUT2D eigenvalue weighted by atomic mass is 32.2. The molecule has 3 heterocycles. The Hall–Kier alpha value is -4.04. The summed E-state index contributed by atoms with van der Waals surface area (Å²) >= 11 is 0. The minimum Gasteiger partial charge on any atom is -0.473 e. The quantitative estimate of drug-likeness (QED) is 0.566. The van der Waals surface area contributed by atoms with Crippen LogP contribution < -0.4 is 10.1 Å². The number of nitrogens with zero attached hydrogens (tertiary/aromatic N) is 5. The number of carbonyl (C=O) groups is 1. The van der Waals surface area contributed by atoms with Crippen molar-refractivity contribution in [2.45, 2.75) is 23.8 Å².